The van der Waals surface area contributed by atoms with Gasteiger partial charge in [0, 0.05) is 35.2 Å². The molecule has 2 nitrogen and oxygen atoms in total. The van der Waals surface area contributed by atoms with Gasteiger partial charge in [-0.1, -0.05) is 75.9 Å². The van der Waals surface area contributed by atoms with Crippen LogP contribution in [0, 0.1) is 0 Å². The van der Waals surface area contributed by atoms with Crippen LogP contribution in [-0.2, 0) is 0 Å². The van der Waals surface area contributed by atoms with Gasteiger partial charge in [0.05, 0.1) is 11.0 Å². The third kappa shape index (κ3) is 3.96. The molecule has 4 aromatic rings. The Morgan fingerprint density at radius 1 is 0.733 bits per heavy atom. The molecule has 0 spiro atoms. The summed E-state index contributed by atoms with van der Waals surface area (Å²) in [5, 5.41) is 2.66. The lowest BCUT2D eigenvalue weighted by Crippen LogP contribution is -2.31. The molecule has 0 aliphatic rings. The normalized spacial score (nSPS) is 12.5. The lowest BCUT2D eigenvalue weighted by molar-refractivity contribution is 0.503. The number of nitrogens with zero attached hydrogens (tertiary/aromatic N) is 2. The SMILES string of the molecule is CCCCCC(CCC)N(C)c1ccc2c(c1)c1ccccc1n2-c1ccccc1. The molecule has 1 heterocycles. The number of unbranched alkanes of at least 4 members (excludes halogenated alkanes) is 2. The van der Waals surface area contributed by atoms with Crippen molar-refractivity contribution in [1.82, 2.24) is 4.57 Å². The van der Waals surface area contributed by atoms with E-state index in [2.05, 4.69) is 103 Å². The second kappa shape index (κ2) is 9.38. The highest BCUT2D eigenvalue weighted by Gasteiger charge is 2.17. The second-order valence-corrected chi connectivity index (χ2v) is 8.44. The fourth-order valence-corrected chi connectivity index (χ4v) is 4.74. The summed E-state index contributed by atoms with van der Waals surface area (Å²) in [7, 11) is 2.28. The summed E-state index contributed by atoms with van der Waals surface area (Å²) in [4.78, 5) is 2.52. The van der Waals surface area contributed by atoms with Gasteiger partial charge in [0.1, 0.15) is 0 Å². The van der Waals surface area contributed by atoms with Crippen molar-refractivity contribution in [2.24, 2.45) is 0 Å². The number of aromatic nitrogens is 1. The summed E-state index contributed by atoms with van der Waals surface area (Å²) < 4.78 is 2.39. The number of fused-ring (bicyclic) bond motifs is 3. The van der Waals surface area contributed by atoms with Crippen LogP contribution in [0.4, 0.5) is 5.69 Å². The van der Waals surface area contributed by atoms with E-state index in [-0.39, 0.29) is 0 Å². The van der Waals surface area contributed by atoms with Crippen LogP contribution in [0.3, 0.4) is 0 Å². The monoisotopic (exact) mass is 398 g/mol. The van der Waals surface area contributed by atoms with E-state index in [1.807, 2.05) is 0 Å². The van der Waals surface area contributed by atoms with Gasteiger partial charge in [0.15, 0.2) is 0 Å². The van der Waals surface area contributed by atoms with Crippen LogP contribution in [-0.4, -0.2) is 17.7 Å². The smallest absolute Gasteiger partial charge is 0.0542 e. The largest absolute Gasteiger partial charge is 0.372 e. The predicted octanol–water partition coefficient (Wildman–Crippen LogP) is 7.97. The van der Waals surface area contributed by atoms with E-state index in [1.165, 1.54) is 71.7 Å². The molecule has 1 atom stereocenters. The van der Waals surface area contributed by atoms with Crippen LogP contribution in [0.15, 0.2) is 72.8 Å². The molecule has 0 saturated heterocycles. The molecule has 4 rings (SSSR count). The van der Waals surface area contributed by atoms with Crippen LogP contribution in [0.1, 0.15) is 52.4 Å². The Kier molecular flexibility index (Phi) is 6.42. The minimum absolute atomic E-state index is 0.612. The number of anilines is 1. The fourth-order valence-electron chi connectivity index (χ4n) is 4.74. The Morgan fingerprint density at radius 3 is 2.23 bits per heavy atom. The second-order valence-electron chi connectivity index (χ2n) is 8.44. The Balaban J connectivity index is 1.78. The summed E-state index contributed by atoms with van der Waals surface area (Å²) in [6.45, 7) is 4.59. The number of rotatable bonds is 9. The minimum Gasteiger partial charge on any atom is -0.372 e. The molecule has 0 bridgehead atoms. The molecular weight excluding hydrogens is 364 g/mol. The number of hydrogen-bond donors (Lipinski definition) is 0. The summed E-state index contributed by atoms with van der Waals surface area (Å²) in [5.41, 5.74) is 5.09. The van der Waals surface area contributed by atoms with Crippen molar-refractivity contribution in [2.75, 3.05) is 11.9 Å². The van der Waals surface area contributed by atoms with Gasteiger partial charge in [-0.25, -0.2) is 0 Å². The molecule has 2 heteroatoms. The fraction of sp³-hybridized carbons (Fsp3) is 0.357. The van der Waals surface area contributed by atoms with Crippen molar-refractivity contribution < 1.29 is 0 Å². The molecule has 1 unspecified atom stereocenters. The summed E-state index contributed by atoms with van der Waals surface area (Å²) in [6, 6.07) is 27.1. The van der Waals surface area contributed by atoms with Crippen LogP contribution in [0.5, 0.6) is 0 Å². The maximum absolute atomic E-state index is 2.52. The van der Waals surface area contributed by atoms with Crippen molar-refractivity contribution in [3.05, 3.63) is 72.8 Å². The van der Waals surface area contributed by atoms with Crippen molar-refractivity contribution in [3.8, 4) is 5.69 Å². The first kappa shape index (κ1) is 20.5. The van der Waals surface area contributed by atoms with Crippen molar-refractivity contribution in [1.29, 1.82) is 0 Å². The number of hydrogen-bond acceptors (Lipinski definition) is 1. The van der Waals surface area contributed by atoms with Gasteiger partial charge >= 0.3 is 0 Å². The standard InChI is InChI=1S/C28H34N2/c1-4-6-8-14-22(13-5-2)29(3)24-19-20-28-26(21-24)25-17-11-12-18-27(25)30(28)23-15-9-7-10-16-23/h7,9-12,15-22H,4-6,8,13-14H2,1-3H3. The van der Waals surface area contributed by atoms with E-state index in [0.29, 0.717) is 6.04 Å². The Hall–Kier alpha value is -2.74. The van der Waals surface area contributed by atoms with E-state index in [4.69, 9.17) is 0 Å². The number of benzene rings is 3. The first-order valence-electron chi connectivity index (χ1n) is 11.6. The van der Waals surface area contributed by atoms with E-state index in [9.17, 15) is 0 Å². The molecule has 30 heavy (non-hydrogen) atoms. The third-order valence-electron chi connectivity index (χ3n) is 6.39. The average molecular weight is 399 g/mol. The van der Waals surface area contributed by atoms with E-state index < -0.39 is 0 Å². The predicted molar refractivity (Wildman–Crippen MR) is 132 cm³/mol. The third-order valence-corrected chi connectivity index (χ3v) is 6.39. The molecule has 0 fully saturated rings. The van der Waals surface area contributed by atoms with Gasteiger partial charge in [0.2, 0.25) is 0 Å². The summed E-state index contributed by atoms with van der Waals surface area (Å²) >= 11 is 0. The van der Waals surface area contributed by atoms with Gasteiger partial charge in [-0.2, -0.15) is 0 Å². The zero-order valence-corrected chi connectivity index (χ0v) is 18.6. The molecule has 0 saturated carbocycles. The van der Waals surface area contributed by atoms with Gasteiger partial charge in [0.25, 0.3) is 0 Å². The van der Waals surface area contributed by atoms with E-state index in [1.54, 1.807) is 0 Å². The van der Waals surface area contributed by atoms with Crippen LogP contribution >= 0.6 is 0 Å². The molecular formula is C28H34N2. The first-order chi connectivity index (χ1) is 14.7. The van der Waals surface area contributed by atoms with Crippen molar-refractivity contribution in [2.45, 2.75) is 58.4 Å². The molecule has 0 aliphatic carbocycles. The Bertz CT molecular complexity index is 1090. The zero-order valence-electron chi connectivity index (χ0n) is 18.6. The topological polar surface area (TPSA) is 8.17 Å². The molecule has 0 aliphatic heterocycles. The average Bonchev–Trinajstić information content (AvgIpc) is 3.12. The first-order valence-corrected chi connectivity index (χ1v) is 11.6. The van der Waals surface area contributed by atoms with Crippen molar-refractivity contribution >= 4 is 27.5 Å². The lowest BCUT2D eigenvalue weighted by atomic mass is 10.0. The highest BCUT2D eigenvalue weighted by atomic mass is 15.1. The summed E-state index contributed by atoms with van der Waals surface area (Å²) in [5.74, 6) is 0. The van der Waals surface area contributed by atoms with E-state index in [0.717, 1.165) is 0 Å². The van der Waals surface area contributed by atoms with Crippen molar-refractivity contribution in [3.63, 3.8) is 0 Å². The van der Waals surface area contributed by atoms with Crippen LogP contribution in [0.25, 0.3) is 27.5 Å². The van der Waals surface area contributed by atoms with Gasteiger partial charge in [-0.05, 0) is 49.2 Å². The molecule has 156 valence electrons. The number of para-hydroxylation sites is 2. The quantitative estimate of drug-likeness (QED) is 0.260. The molecule has 3 aromatic carbocycles. The van der Waals surface area contributed by atoms with E-state index >= 15 is 0 Å². The highest BCUT2D eigenvalue weighted by Crippen LogP contribution is 2.35. The Morgan fingerprint density at radius 2 is 1.47 bits per heavy atom. The van der Waals surface area contributed by atoms with Gasteiger partial charge in [-0.15, -0.1) is 0 Å². The van der Waals surface area contributed by atoms with Crippen LogP contribution in [0.2, 0.25) is 0 Å². The lowest BCUT2D eigenvalue weighted by Gasteiger charge is -2.30. The molecule has 0 amide bonds. The minimum atomic E-state index is 0.612. The molecule has 1 aromatic heterocycles. The van der Waals surface area contributed by atoms with Gasteiger partial charge < -0.3 is 9.47 Å². The maximum atomic E-state index is 2.52. The Labute approximate surface area is 181 Å². The highest BCUT2D eigenvalue weighted by molar-refractivity contribution is 6.10. The zero-order chi connectivity index (χ0) is 20.9. The summed E-state index contributed by atoms with van der Waals surface area (Å²) in [6.07, 6.45) is 7.70. The molecule has 0 N–H and O–H groups in total. The van der Waals surface area contributed by atoms with Gasteiger partial charge in [-0.3, -0.25) is 0 Å². The maximum Gasteiger partial charge on any atom is 0.0542 e. The van der Waals surface area contributed by atoms with Crippen LogP contribution < -0.4 is 4.90 Å². The molecule has 0 radical (unpaired) electrons.